The van der Waals surface area contributed by atoms with Gasteiger partial charge in [-0.2, -0.15) is 13.2 Å². The van der Waals surface area contributed by atoms with E-state index < -0.39 is 35.6 Å². The Morgan fingerprint density at radius 2 is 1.74 bits per heavy atom. The molecule has 2 aliphatic heterocycles. The molecule has 0 spiro atoms. The molecule has 0 bridgehead atoms. The number of nitrogens with one attached hydrogen (secondary N) is 1. The lowest BCUT2D eigenvalue weighted by Crippen LogP contribution is -2.40. The average Bonchev–Trinajstić information content (AvgIpc) is 3.13. The number of allylic oxidation sites excluding steroid dienone is 1. The first-order valence-electron chi connectivity index (χ1n) is 11.4. The third kappa shape index (κ3) is 6.09. The third-order valence-corrected chi connectivity index (χ3v) is 6.24. The minimum absolute atomic E-state index is 0.0590. The average molecular weight is 510 g/mol. The van der Waals surface area contributed by atoms with Gasteiger partial charge in [-0.3, -0.25) is 4.79 Å². The number of nitrogens with zero attached hydrogens (tertiary/aromatic N) is 2. The molecule has 6 nitrogen and oxygen atoms in total. The van der Waals surface area contributed by atoms with Crippen molar-refractivity contribution in [2.24, 2.45) is 4.99 Å². The van der Waals surface area contributed by atoms with Crippen LogP contribution in [0.25, 0.3) is 0 Å². The molecule has 1 N–H and O–H groups in total. The fourth-order valence-corrected chi connectivity index (χ4v) is 4.79. The Balaban J connectivity index is 2.17. The quantitative estimate of drug-likeness (QED) is 0.471. The number of hydrogen-bond acceptors (Lipinski definition) is 6. The fourth-order valence-electron chi connectivity index (χ4n) is 3.87. The first kappa shape index (κ1) is 26.8. The summed E-state index contributed by atoms with van der Waals surface area (Å²) in [5.74, 6) is -1.15. The maximum Gasteiger partial charge on any atom is 0.434 e. The molecule has 0 saturated heterocycles. The number of amides is 1. The Kier molecular flexibility index (Phi) is 8.03. The second-order valence-electron chi connectivity index (χ2n) is 9.33. The van der Waals surface area contributed by atoms with E-state index in [4.69, 9.17) is 4.74 Å². The lowest BCUT2D eigenvalue weighted by atomic mass is 9.91. The molecule has 1 aromatic rings. The number of rotatable bonds is 7. The Labute approximate surface area is 207 Å². The second-order valence-corrected chi connectivity index (χ2v) is 10.2. The molecule has 0 aromatic heterocycles. The zero-order valence-corrected chi connectivity index (χ0v) is 21.4. The van der Waals surface area contributed by atoms with Crippen LogP contribution in [0.5, 0.6) is 0 Å². The maximum absolute atomic E-state index is 14.2. The zero-order valence-electron chi connectivity index (χ0n) is 20.6. The van der Waals surface area contributed by atoms with Crippen LogP contribution in [0.15, 0.2) is 51.6 Å². The smallest absolute Gasteiger partial charge is 0.434 e. The first-order valence-corrected chi connectivity index (χ1v) is 12.3. The minimum atomic E-state index is -4.88. The van der Waals surface area contributed by atoms with Crippen LogP contribution in [-0.4, -0.2) is 40.3 Å². The van der Waals surface area contributed by atoms with Gasteiger partial charge < -0.3 is 15.0 Å². The van der Waals surface area contributed by atoms with Crippen molar-refractivity contribution in [2.75, 3.05) is 0 Å². The van der Waals surface area contributed by atoms with E-state index in [2.05, 4.69) is 10.3 Å². The van der Waals surface area contributed by atoms with Crippen LogP contribution < -0.4 is 5.32 Å². The SMILES string of the molecule is CC(C)NC(=O)CC1=CSC2=NC(C(F)(F)F)=C(C(=O)OC(C)C)[C@@H](c3ccc(C(C)C)cc3)N12. The Morgan fingerprint density at radius 3 is 2.26 bits per heavy atom. The van der Waals surface area contributed by atoms with Crippen LogP contribution in [0.3, 0.4) is 0 Å². The van der Waals surface area contributed by atoms with Gasteiger partial charge in [-0.25, -0.2) is 9.79 Å². The molecule has 2 aliphatic rings. The summed E-state index contributed by atoms with van der Waals surface area (Å²) in [5.41, 5.74) is 0.0662. The van der Waals surface area contributed by atoms with E-state index in [1.807, 2.05) is 39.8 Å². The van der Waals surface area contributed by atoms with E-state index in [1.165, 1.54) is 0 Å². The van der Waals surface area contributed by atoms with Crippen LogP contribution >= 0.6 is 11.8 Å². The number of fused-ring (bicyclic) bond motifs is 1. The molecule has 35 heavy (non-hydrogen) atoms. The van der Waals surface area contributed by atoms with Crippen molar-refractivity contribution in [3.63, 3.8) is 0 Å². The number of benzene rings is 1. The number of halogens is 3. The largest absolute Gasteiger partial charge is 0.459 e. The highest BCUT2D eigenvalue weighted by atomic mass is 32.2. The summed E-state index contributed by atoms with van der Waals surface area (Å²) >= 11 is 0.997. The number of aliphatic imine (C=N–C) groups is 1. The molecule has 1 atom stereocenters. The highest BCUT2D eigenvalue weighted by Crippen LogP contribution is 2.48. The summed E-state index contributed by atoms with van der Waals surface area (Å²) in [7, 11) is 0. The topological polar surface area (TPSA) is 71.0 Å². The number of esters is 1. The molecule has 0 fully saturated rings. The highest BCUT2D eigenvalue weighted by Gasteiger charge is 2.49. The molecule has 190 valence electrons. The van der Waals surface area contributed by atoms with Gasteiger partial charge in [0.25, 0.3) is 0 Å². The second kappa shape index (κ2) is 10.5. The summed E-state index contributed by atoms with van der Waals surface area (Å²) < 4.78 is 47.8. The summed E-state index contributed by atoms with van der Waals surface area (Å²) in [6.45, 7) is 10.8. The number of alkyl halides is 3. The number of thioether (sulfide) groups is 1. The fraction of sp³-hybridized carbons (Fsp3) is 0.480. The summed E-state index contributed by atoms with van der Waals surface area (Å²) in [6, 6.07) is 5.85. The standard InChI is InChI=1S/C25H30F3N3O3S/c1-13(2)16-7-9-17(10-8-16)21-20(23(33)34-15(5)6)22(25(26,27)28)30-24-31(21)18(12-35-24)11-19(32)29-14(3)4/h7-10,12-15,21H,11H2,1-6H3,(H,29,32)/t21-/m1/s1. The molecule has 0 radical (unpaired) electrons. The van der Waals surface area contributed by atoms with Gasteiger partial charge in [-0.05, 0) is 50.1 Å². The van der Waals surface area contributed by atoms with Gasteiger partial charge in [0.1, 0.15) is 0 Å². The van der Waals surface area contributed by atoms with Crippen molar-refractivity contribution in [1.82, 2.24) is 10.2 Å². The highest BCUT2D eigenvalue weighted by molar-refractivity contribution is 8.16. The monoisotopic (exact) mass is 509 g/mol. The maximum atomic E-state index is 14.2. The van der Waals surface area contributed by atoms with Crippen LogP contribution in [0.1, 0.15) is 71.0 Å². The van der Waals surface area contributed by atoms with E-state index in [1.54, 1.807) is 36.3 Å². The lowest BCUT2D eigenvalue weighted by molar-refractivity contribution is -0.144. The van der Waals surface area contributed by atoms with Crippen molar-refractivity contribution in [3.8, 4) is 0 Å². The Bertz CT molecular complexity index is 1070. The molecule has 3 rings (SSSR count). The molecule has 0 saturated carbocycles. The molecule has 0 unspecified atom stereocenters. The zero-order chi connectivity index (χ0) is 26.1. The van der Waals surface area contributed by atoms with Crippen molar-refractivity contribution in [1.29, 1.82) is 0 Å². The van der Waals surface area contributed by atoms with Crippen LogP contribution in [-0.2, 0) is 14.3 Å². The van der Waals surface area contributed by atoms with Gasteiger partial charge in [0.2, 0.25) is 5.91 Å². The number of ether oxygens (including phenoxy) is 1. The van der Waals surface area contributed by atoms with E-state index in [0.29, 0.717) is 11.3 Å². The molecule has 2 heterocycles. The number of carbonyl (C=O) groups is 2. The number of carbonyl (C=O) groups excluding carboxylic acids is 2. The van der Waals surface area contributed by atoms with Crippen molar-refractivity contribution in [2.45, 2.75) is 78.2 Å². The van der Waals surface area contributed by atoms with E-state index in [9.17, 15) is 22.8 Å². The van der Waals surface area contributed by atoms with Gasteiger partial charge >= 0.3 is 12.1 Å². The van der Waals surface area contributed by atoms with Gasteiger partial charge in [-0.15, -0.1) is 0 Å². The van der Waals surface area contributed by atoms with Gasteiger partial charge in [-0.1, -0.05) is 49.9 Å². The van der Waals surface area contributed by atoms with Gasteiger partial charge in [0.05, 0.1) is 24.1 Å². The molecule has 0 aliphatic carbocycles. The summed E-state index contributed by atoms with van der Waals surface area (Å²) in [4.78, 5) is 31.0. The van der Waals surface area contributed by atoms with Crippen LogP contribution in [0.4, 0.5) is 13.2 Å². The Morgan fingerprint density at radius 1 is 1.11 bits per heavy atom. The number of hydrogen-bond donors (Lipinski definition) is 1. The Hall–Kier alpha value is -2.75. The first-order chi connectivity index (χ1) is 16.3. The van der Waals surface area contributed by atoms with Crippen molar-refractivity contribution < 1.29 is 27.5 Å². The van der Waals surface area contributed by atoms with E-state index >= 15 is 0 Å². The number of amidine groups is 1. The summed E-state index contributed by atoms with van der Waals surface area (Å²) in [6.07, 6.45) is -5.57. The molecule has 1 aromatic carbocycles. The normalized spacial score (nSPS) is 18.2. The molecular formula is C25H30F3N3O3S. The predicted molar refractivity (Wildman–Crippen MR) is 130 cm³/mol. The van der Waals surface area contributed by atoms with E-state index in [-0.39, 0.29) is 29.5 Å². The minimum Gasteiger partial charge on any atom is -0.459 e. The molecular weight excluding hydrogens is 479 g/mol. The van der Waals surface area contributed by atoms with Gasteiger partial charge in [0.15, 0.2) is 10.9 Å². The van der Waals surface area contributed by atoms with Crippen molar-refractivity contribution in [3.05, 3.63) is 57.8 Å². The van der Waals surface area contributed by atoms with E-state index in [0.717, 1.165) is 17.3 Å². The molecule has 1 amide bonds. The van der Waals surface area contributed by atoms with Gasteiger partial charge in [0, 0.05) is 11.7 Å². The van der Waals surface area contributed by atoms with Crippen LogP contribution in [0, 0.1) is 0 Å². The van der Waals surface area contributed by atoms with Crippen LogP contribution in [0.2, 0.25) is 0 Å². The lowest BCUT2D eigenvalue weighted by Gasteiger charge is -2.37. The van der Waals surface area contributed by atoms with Crippen molar-refractivity contribution >= 4 is 28.8 Å². The molecule has 10 heteroatoms. The summed E-state index contributed by atoms with van der Waals surface area (Å²) in [5, 5.41) is 4.46. The predicted octanol–water partition coefficient (Wildman–Crippen LogP) is 5.79. The third-order valence-electron chi connectivity index (χ3n) is 5.35.